The van der Waals surface area contributed by atoms with Gasteiger partial charge in [-0.25, -0.2) is 0 Å². The van der Waals surface area contributed by atoms with E-state index in [9.17, 15) is 0 Å². The summed E-state index contributed by atoms with van der Waals surface area (Å²) in [7, 11) is 0. The largest absolute Gasteiger partial charge is 0.320 e. The number of hydrogen-bond donors (Lipinski definition) is 1. The first-order chi connectivity index (χ1) is 8.63. The van der Waals surface area contributed by atoms with Crippen LogP contribution in [0.1, 0.15) is 48.2 Å². The van der Waals surface area contributed by atoms with Gasteiger partial charge in [0.2, 0.25) is 0 Å². The van der Waals surface area contributed by atoms with E-state index in [0.717, 1.165) is 21.9 Å². The van der Waals surface area contributed by atoms with Crippen molar-refractivity contribution >= 4 is 22.9 Å². The van der Waals surface area contributed by atoms with Crippen LogP contribution >= 0.6 is 22.9 Å². The molecule has 2 atom stereocenters. The van der Waals surface area contributed by atoms with E-state index in [-0.39, 0.29) is 6.04 Å². The highest BCUT2D eigenvalue weighted by atomic mass is 35.5. The predicted octanol–water partition coefficient (Wildman–Crippen LogP) is 4.96. The van der Waals surface area contributed by atoms with Gasteiger partial charge in [0.1, 0.15) is 0 Å². The Morgan fingerprint density at radius 2 is 1.78 bits per heavy atom. The second kappa shape index (κ2) is 5.87. The third-order valence-electron chi connectivity index (χ3n) is 3.40. The summed E-state index contributed by atoms with van der Waals surface area (Å²) in [4.78, 5) is 1.04. The molecule has 0 aliphatic carbocycles. The smallest absolute Gasteiger partial charge is 0.0661 e. The molecule has 2 N–H and O–H groups in total. The normalized spacial score (nSPS) is 14.4. The quantitative estimate of drug-likeness (QED) is 0.841. The Morgan fingerprint density at radius 1 is 1.17 bits per heavy atom. The fraction of sp³-hybridized carbons (Fsp3) is 0.333. The van der Waals surface area contributed by atoms with Gasteiger partial charge >= 0.3 is 0 Å². The molecule has 0 aliphatic rings. The summed E-state index contributed by atoms with van der Waals surface area (Å²) in [5, 5.41) is 2.74. The molecule has 2 aromatic rings. The van der Waals surface area contributed by atoms with Crippen LogP contribution in [-0.4, -0.2) is 0 Å². The SMILES string of the molecule is CCC(C)c1ccc(C(N)c2sccc2Cl)cc1. The Labute approximate surface area is 118 Å². The van der Waals surface area contributed by atoms with Gasteiger partial charge in [0.25, 0.3) is 0 Å². The van der Waals surface area contributed by atoms with Crippen LogP contribution in [0.5, 0.6) is 0 Å². The summed E-state index contributed by atoms with van der Waals surface area (Å²) < 4.78 is 0. The molecule has 0 amide bonds. The van der Waals surface area contributed by atoms with Crippen molar-refractivity contribution in [1.82, 2.24) is 0 Å². The summed E-state index contributed by atoms with van der Waals surface area (Å²) in [6.07, 6.45) is 1.15. The van der Waals surface area contributed by atoms with E-state index in [1.165, 1.54) is 5.56 Å². The molecule has 0 aliphatic heterocycles. The maximum absolute atomic E-state index is 6.25. The molecular weight excluding hydrogens is 262 g/mol. The van der Waals surface area contributed by atoms with Crippen molar-refractivity contribution in [3.63, 3.8) is 0 Å². The molecule has 0 saturated carbocycles. The minimum atomic E-state index is -0.122. The third kappa shape index (κ3) is 2.77. The van der Waals surface area contributed by atoms with Crippen molar-refractivity contribution in [2.24, 2.45) is 5.73 Å². The molecule has 2 unspecified atom stereocenters. The van der Waals surface area contributed by atoms with Gasteiger partial charge in [0.15, 0.2) is 0 Å². The number of thiophene rings is 1. The molecule has 2 rings (SSSR count). The summed E-state index contributed by atoms with van der Waals surface area (Å²) in [5.41, 5.74) is 8.73. The van der Waals surface area contributed by atoms with Gasteiger partial charge in [-0.05, 0) is 34.9 Å². The first-order valence-corrected chi connectivity index (χ1v) is 7.47. The second-order valence-electron chi connectivity index (χ2n) is 4.59. The van der Waals surface area contributed by atoms with E-state index >= 15 is 0 Å². The Kier molecular flexibility index (Phi) is 4.44. The van der Waals surface area contributed by atoms with Crippen molar-refractivity contribution < 1.29 is 0 Å². The fourth-order valence-electron chi connectivity index (χ4n) is 1.95. The number of nitrogens with two attached hydrogens (primary N) is 1. The van der Waals surface area contributed by atoms with Crippen LogP contribution in [0.3, 0.4) is 0 Å². The van der Waals surface area contributed by atoms with Gasteiger partial charge in [-0.1, -0.05) is 49.7 Å². The topological polar surface area (TPSA) is 26.0 Å². The molecule has 0 bridgehead atoms. The Morgan fingerprint density at radius 3 is 2.28 bits per heavy atom. The van der Waals surface area contributed by atoms with Crippen LogP contribution < -0.4 is 5.73 Å². The number of benzene rings is 1. The van der Waals surface area contributed by atoms with E-state index in [1.807, 2.05) is 11.4 Å². The van der Waals surface area contributed by atoms with Gasteiger partial charge in [-0.3, -0.25) is 0 Å². The standard InChI is InChI=1S/C15H18ClNS/c1-3-10(2)11-4-6-12(7-5-11)14(17)15-13(16)8-9-18-15/h4-10,14H,3,17H2,1-2H3. The molecule has 0 fully saturated rings. The third-order valence-corrected chi connectivity index (χ3v) is 4.85. The number of halogens is 1. The molecule has 0 saturated heterocycles. The average Bonchev–Trinajstić information content (AvgIpc) is 2.83. The van der Waals surface area contributed by atoms with Crippen LogP contribution in [0.4, 0.5) is 0 Å². The molecule has 1 heterocycles. The van der Waals surface area contributed by atoms with Gasteiger partial charge in [0, 0.05) is 4.88 Å². The molecular formula is C15H18ClNS. The van der Waals surface area contributed by atoms with Crippen molar-refractivity contribution in [3.8, 4) is 0 Å². The minimum absolute atomic E-state index is 0.122. The molecule has 96 valence electrons. The zero-order valence-corrected chi connectivity index (χ0v) is 12.3. The highest BCUT2D eigenvalue weighted by molar-refractivity contribution is 7.10. The minimum Gasteiger partial charge on any atom is -0.320 e. The molecule has 0 radical (unpaired) electrons. The number of hydrogen-bond acceptors (Lipinski definition) is 2. The van der Waals surface area contributed by atoms with E-state index in [4.69, 9.17) is 17.3 Å². The van der Waals surface area contributed by atoms with E-state index in [0.29, 0.717) is 5.92 Å². The Balaban J connectivity index is 2.22. The highest BCUT2D eigenvalue weighted by Gasteiger charge is 2.14. The lowest BCUT2D eigenvalue weighted by atomic mass is 9.96. The summed E-state index contributed by atoms with van der Waals surface area (Å²) in [5.74, 6) is 0.598. The molecule has 1 nitrogen and oxygen atoms in total. The van der Waals surface area contributed by atoms with Crippen LogP contribution in [0.15, 0.2) is 35.7 Å². The maximum Gasteiger partial charge on any atom is 0.0661 e. The van der Waals surface area contributed by atoms with Gasteiger partial charge in [0.05, 0.1) is 11.1 Å². The van der Waals surface area contributed by atoms with Gasteiger partial charge in [-0.2, -0.15) is 0 Å². The van der Waals surface area contributed by atoms with E-state index in [2.05, 4.69) is 38.1 Å². The van der Waals surface area contributed by atoms with E-state index in [1.54, 1.807) is 11.3 Å². The Hall–Kier alpha value is -0.830. The maximum atomic E-state index is 6.25. The molecule has 18 heavy (non-hydrogen) atoms. The molecule has 1 aromatic heterocycles. The second-order valence-corrected chi connectivity index (χ2v) is 5.94. The average molecular weight is 280 g/mol. The van der Waals surface area contributed by atoms with Crippen LogP contribution in [0, 0.1) is 0 Å². The van der Waals surface area contributed by atoms with Gasteiger partial charge in [-0.15, -0.1) is 11.3 Å². The van der Waals surface area contributed by atoms with Gasteiger partial charge < -0.3 is 5.73 Å². The van der Waals surface area contributed by atoms with Crippen molar-refractivity contribution in [2.45, 2.75) is 32.2 Å². The molecule has 3 heteroatoms. The monoisotopic (exact) mass is 279 g/mol. The first-order valence-electron chi connectivity index (χ1n) is 6.21. The van der Waals surface area contributed by atoms with Crippen LogP contribution in [0.2, 0.25) is 5.02 Å². The predicted molar refractivity (Wildman–Crippen MR) is 80.5 cm³/mol. The molecule has 1 aromatic carbocycles. The van der Waals surface area contributed by atoms with Crippen molar-refractivity contribution in [2.75, 3.05) is 0 Å². The van der Waals surface area contributed by atoms with Crippen molar-refractivity contribution in [3.05, 3.63) is 56.7 Å². The molecule has 0 spiro atoms. The summed E-state index contributed by atoms with van der Waals surface area (Å²) >= 11 is 7.73. The zero-order chi connectivity index (χ0) is 13.1. The lowest BCUT2D eigenvalue weighted by molar-refractivity contribution is 0.732. The highest BCUT2D eigenvalue weighted by Crippen LogP contribution is 2.31. The van der Waals surface area contributed by atoms with Crippen molar-refractivity contribution in [1.29, 1.82) is 0 Å². The number of rotatable bonds is 4. The lowest BCUT2D eigenvalue weighted by Gasteiger charge is -2.14. The van der Waals surface area contributed by atoms with E-state index < -0.39 is 0 Å². The summed E-state index contributed by atoms with van der Waals surface area (Å²) in [6.45, 7) is 4.45. The van der Waals surface area contributed by atoms with Crippen LogP contribution in [-0.2, 0) is 0 Å². The fourth-order valence-corrected chi connectivity index (χ4v) is 3.15. The summed E-state index contributed by atoms with van der Waals surface area (Å²) in [6, 6.07) is 10.3. The van der Waals surface area contributed by atoms with Crippen LogP contribution in [0.25, 0.3) is 0 Å². The Bertz CT molecular complexity index is 503. The zero-order valence-electron chi connectivity index (χ0n) is 10.7. The first kappa shape index (κ1) is 13.6. The lowest BCUT2D eigenvalue weighted by Crippen LogP contribution is -2.10.